The van der Waals surface area contributed by atoms with Crippen LogP contribution < -0.4 is 5.73 Å². The zero-order valence-electron chi connectivity index (χ0n) is 11.6. The van der Waals surface area contributed by atoms with Crippen LogP contribution in [-0.2, 0) is 12.8 Å². The summed E-state index contributed by atoms with van der Waals surface area (Å²) in [4.78, 5) is 26.3. The molecule has 0 unspecified atom stereocenters. The lowest BCUT2D eigenvalue weighted by Gasteiger charge is -2.17. The fourth-order valence-electron chi connectivity index (χ4n) is 2.71. The highest BCUT2D eigenvalue weighted by molar-refractivity contribution is 7.13. The van der Waals surface area contributed by atoms with Gasteiger partial charge in [-0.2, -0.15) is 0 Å². The molecule has 5 nitrogen and oxygen atoms in total. The summed E-state index contributed by atoms with van der Waals surface area (Å²) in [7, 11) is 0. The van der Waals surface area contributed by atoms with Crippen molar-refractivity contribution >= 4 is 17.2 Å². The van der Waals surface area contributed by atoms with Gasteiger partial charge in [0.2, 0.25) is 0 Å². The Morgan fingerprint density at radius 1 is 1.14 bits per heavy atom. The number of carbonyl (C=O) groups is 1. The molecular weight excluding hydrogens is 296 g/mol. The lowest BCUT2D eigenvalue weighted by atomic mass is 9.96. The number of thiazole rings is 1. The molecule has 0 spiro atoms. The van der Waals surface area contributed by atoms with Gasteiger partial charge in [-0.1, -0.05) is 30.3 Å². The number of benzene rings is 1. The van der Waals surface area contributed by atoms with E-state index in [9.17, 15) is 4.79 Å². The molecule has 1 aliphatic carbocycles. The van der Waals surface area contributed by atoms with Gasteiger partial charge in [-0.3, -0.25) is 4.79 Å². The summed E-state index contributed by atoms with van der Waals surface area (Å²) in [6, 6.07) is 9.60. The van der Waals surface area contributed by atoms with Gasteiger partial charge in [0.1, 0.15) is 5.69 Å². The third-order valence-corrected chi connectivity index (χ3v) is 4.62. The zero-order valence-corrected chi connectivity index (χ0v) is 12.4. The number of fused-ring (bicyclic) bond motifs is 3. The van der Waals surface area contributed by atoms with Crippen molar-refractivity contribution in [3.8, 4) is 22.0 Å². The molecule has 1 amide bonds. The predicted molar refractivity (Wildman–Crippen MR) is 84.5 cm³/mol. The normalized spacial score (nSPS) is 12.5. The van der Waals surface area contributed by atoms with E-state index in [2.05, 4.69) is 9.97 Å². The van der Waals surface area contributed by atoms with Gasteiger partial charge in [0, 0.05) is 11.1 Å². The maximum atomic E-state index is 11.8. The van der Waals surface area contributed by atoms with Crippen LogP contribution in [0.15, 0.2) is 35.8 Å². The second-order valence-electron chi connectivity index (χ2n) is 5.08. The van der Waals surface area contributed by atoms with Crippen LogP contribution in [0.3, 0.4) is 0 Å². The second-order valence-corrected chi connectivity index (χ2v) is 5.94. The molecule has 0 saturated carbocycles. The molecule has 0 fully saturated rings. The van der Waals surface area contributed by atoms with E-state index >= 15 is 0 Å². The number of aryl methyl sites for hydroxylation is 1. The van der Waals surface area contributed by atoms with Crippen molar-refractivity contribution < 1.29 is 4.79 Å². The first-order chi connectivity index (χ1) is 10.7. The molecule has 0 atom stereocenters. The zero-order chi connectivity index (χ0) is 15.1. The average molecular weight is 308 g/mol. The highest BCUT2D eigenvalue weighted by Crippen LogP contribution is 2.36. The molecule has 3 aromatic rings. The maximum absolute atomic E-state index is 11.8. The molecule has 0 bridgehead atoms. The van der Waals surface area contributed by atoms with Crippen molar-refractivity contribution in [3.63, 3.8) is 0 Å². The Morgan fingerprint density at radius 3 is 2.73 bits per heavy atom. The van der Waals surface area contributed by atoms with Gasteiger partial charge in [0.05, 0.1) is 21.8 Å². The first kappa shape index (κ1) is 13.1. The number of nitrogens with zero attached hydrogens (tertiary/aromatic N) is 3. The van der Waals surface area contributed by atoms with Crippen LogP contribution in [0.1, 0.15) is 21.7 Å². The summed E-state index contributed by atoms with van der Waals surface area (Å²) in [5.41, 5.74) is 11.2. The fraction of sp³-hybridized carbons (Fsp3) is 0.125. The van der Waals surface area contributed by atoms with E-state index in [4.69, 9.17) is 10.7 Å². The number of hydrogen-bond acceptors (Lipinski definition) is 5. The first-order valence-electron chi connectivity index (χ1n) is 6.93. The van der Waals surface area contributed by atoms with Gasteiger partial charge >= 0.3 is 0 Å². The minimum absolute atomic E-state index is 0.322. The van der Waals surface area contributed by atoms with E-state index in [0.717, 1.165) is 33.8 Å². The summed E-state index contributed by atoms with van der Waals surface area (Å²) in [6.45, 7) is 0. The molecule has 1 aliphatic rings. The summed E-state index contributed by atoms with van der Waals surface area (Å²) in [6.07, 6.45) is 1.49. The second kappa shape index (κ2) is 4.99. The van der Waals surface area contributed by atoms with Crippen molar-refractivity contribution in [1.82, 2.24) is 15.0 Å². The lowest BCUT2D eigenvalue weighted by molar-refractivity contribution is 0.0994. The third-order valence-electron chi connectivity index (χ3n) is 3.74. The van der Waals surface area contributed by atoms with E-state index < -0.39 is 5.91 Å². The van der Waals surface area contributed by atoms with Crippen LogP contribution in [0, 0.1) is 0 Å². The van der Waals surface area contributed by atoms with E-state index in [1.54, 1.807) is 0 Å². The number of rotatable bonds is 2. The summed E-state index contributed by atoms with van der Waals surface area (Å²) in [5.74, 6) is 0.0122. The predicted octanol–water partition coefficient (Wildman–Crippen LogP) is 2.46. The average Bonchev–Trinajstić information content (AvgIpc) is 3.03. The van der Waals surface area contributed by atoms with Gasteiger partial charge in [0.25, 0.3) is 5.91 Å². The SMILES string of the molecule is NC(=O)c1nc(-c2ccccc2)nc2c1CCc1ncsc1-2. The van der Waals surface area contributed by atoms with Gasteiger partial charge in [-0.15, -0.1) is 11.3 Å². The van der Waals surface area contributed by atoms with Gasteiger partial charge in [-0.25, -0.2) is 15.0 Å². The van der Waals surface area contributed by atoms with Gasteiger partial charge in [-0.05, 0) is 12.8 Å². The molecule has 108 valence electrons. The fourth-order valence-corrected chi connectivity index (χ4v) is 3.57. The highest BCUT2D eigenvalue weighted by Gasteiger charge is 2.26. The van der Waals surface area contributed by atoms with Gasteiger partial charge < -0.3 is 5.73 Å². The Morgan fingerprint density at radius 2 is 1.95 bits per heavy atom. The monoisotopic (exact) mass is 308 g/mol. The maximum Gasteiger partial charge on any atom is 0.267 e. The minimum atomic E-state index is -0.510. The van der Waals surface area contributed by atoms with Crippen LogP contribution in [-0.4, -0.2) is 20.9 Å². The van der Waals surface area contributed by atoms with Crippen LogP contribution in [0.4, 0.5) is 0 Å². The third kappa shape index (κ3) is 2.00. The molecule has 22 heavy (non-hydrogen) atoms. The molecular formula is C16H12N4OS. The first-order valence-corrected chi connectivity index (χ1v) is 7.81. The van der Waals surface area contributed by atoms with Crippen molar-refractivity contribution in [2.45, 2.75) is 12.8 Å². The van der Waals surface area contributed by atoms with Crippen LogP contribution >= 0.6 is 11.3 Å². The Bertz CT molecular complexity index is 873. The minimum Gasteiger partial charge on any atom is -0.364 e. The molecule has 0 aliphatic heterocycles. The lowest BCUT2D eigenvalue weighted by Crippen LogP contribution is -2.20. The number of hydrogen-bond donors (Lipinski definition) is 1. The summed E-state index contributed by atoms with van der Waals surface area (Å²) >= 11 is 1.54. The van der Waals surface area contributed by atoms with E-state index in [1.165, 1.54) is 11.3 Å². The largest absolute Gasteiger partial charge is 0.364 e. The number of aromatic nitrogens is 3. The van der Waals surface area contributed by atoms with Gasteiger partial charge in [0.15, 0.2) is 5.82 Å². The standard InChI is InChI=1S/C16H12N4OS/c17-15(21)13-10-6-7-11-14(22-8-18-11)12(10)19-16(20-13)9-4-2-1-3-5-9/h1-5,8H,6-7H2,(H2,17,21). The van der Waals surface area contributed by atoms with Crippen molar-refractivity contribution in [2.75, 3.05) is 0 Å². The quantitative estimate of drug-likeness (QED) is 0.788. The van der Waals surface area contributed by atoms with Crippen LogP contribution in [0.25, 0.3) is 22.0 Å². The number of primary amides is 1. The van der Waals surface area contributed by atoms with Crippen LogP contribution in [0.5, 0.6) is 0 Å². The van der Waals surface area contributed by atoms with Crippen LogP contribution in [0.2, 0.25) is 0 Å². The molecule has 6 heteroatoms. The molecule has 2 heterocycles. The van der Waals surface area contributed by atoms with Crippen molar-refractivity contribution in [2.24, 2.45) is 5.73 Å². The molecule has 0 radical (unpaired) electrons. The molecule has 2 aromatic heterocycles. The topological polar surface area (TPSA) is 81.8 Å². The Kier molecular flexibility index (Phi) is 2.97. The number of carbonyl (C=O) groups excluding carboxylic acids is 1. The molecule has 1 aromatic carbocycles. The molecule has 2 N–H and O–H groups in total. The molecule has 0 saturated heterocycles. The smallest absolute Gasteiger partial charge is 0.267 e. The van der Waals surface area contributed by atoms with Crippen molar-refractivity contribution in [3.05, 3.63) is 52.8 Å². The summed E-state index contributed by atoms with van der Waals surface area (Å²) < 4.78 is 0. The van der Waals surface area contributed by atoms with E-state index in [0.29, 0.717) is 17.9 Å². The summed E-state index contributed by atoms with van der Waals surface area (Å²) in [5, 5.41) is 0. The van der Waals surface area contributed by atoms with E-state index in [-0.39, 0.29) is 0 Å². The van der Waals surface area contributed by atoms with Crippen molar-refractivity contribution in [1.29, 1.82) is 0 Å². The Hall–Kier alpha value is -2.60. The number of amides is 1. The Labute approximate surface area is 130 Å². The molecule has 4 rings (SSSR count). The highest BCUT2D eigenvalue weighted by atomic mass is 32.1. The van der Waals surface area contributed by atoms with E-state index in [1.807, 2.05) is 35.8 Å². The Balaban J connectivity index is 2.00. The number of nitrogens with two attached hydrogens (primary N) is 1.